The number of ether oxygens (including phenoxy) is 2. The molecule has 3 aromatic rings. The van der Waals surface area contributed by atoms with Gasteiger partial charge in [-0.3, -0.25) is 10.1 Å². The number of amides is 1. The second kappa shape index (κ2) is 8.32. The Bertz CT molecular complexity index is 977. The van der Waals surface area contributed by atoms with Crippen molar-refractivity contribution in [1.29, 1.82) is 0 Å². The SMILES string of the molecule is CCc1ccc(C(=O)Nc2nnc(OC)s2)c(-c2cc(Cl)ncc2OC)c1. The largest absolute Gasteiger partial charge is 0.494 e. The van der Waals surface area contributed by atoms with Crippen molar-refractivity contribution in [3.8, 4) is 22.1 Å². The lowest BCUT2D eigenvalue weighted by molar-refractivity contribution is 0.102. The van der Waals surface area contributed by atoms with Gasteiger partial charge in [-0.2, -0.15) is 0 Å². The van der Waals surface area contributed by atoms with Crippen LogP contribution in [0.15, 0.2) is 30.5 Å². The molecule has 0 aliphatic carbocycles. The third kappa shape index (κ3) is 4.17. The van der Waals surface area contributed by atoms with E-state index in [-0.39, 0.29) is 5.91 Å². The van der Waals surface area contributed by atoms with E-state index in [0.717, 1.165) is 23.3 Å². The lowest BCUT2D eigenvalue weighted by Crippen LogP contribution is -2.13. The Hall–Kier alpha value is -2.71. The highest BCUT2D eigenvalue weighted by Crippen LogP contribution is 2.35. The summed E-state index contributed by atoms with van der Waals surface area (Å²) in [6.07, 6.45) is 2.36. The molecule has 0 radical (unpaired) electrons. The molecule has 0 fully saturated rings. The fourth-order valence-corrected chi connectivity index (χ4v) is 3.24. The number of pyridine rings is 1. The summed E-state index contributed by atoms with van der Waals surface area (Å²) < 4.78 is 10.4. The van der Waals surface area contributed by atoms with Crippen LogP contribution in [0, 0.1) is 0 Å². The third-order valence-corrected chi connectivity index (χ3v) is 4.89. The topological polar surface area (TPSA) is 86.2 Å². The summed E-state index contributed by atoms with van der Waals surface area (Å²) in [5, 5.41) is 11.5. The maximum Gasteiger partial charge on any atom is 0.295 e. The van der Waals surface area contributed by atoms with Gasteiger partial charge >= 0.3 is 0 Å². The Kier molecular flexibility index (Phi) is 5.88. The standard InChI is InChI=1S/C18H17ClN4O3S/c1-4-10-5-6-11(16(24)21-17-22-23-18(26-3)27-17)12(7-10)13-8-15(19)20-9-14(13)25-2/h5-9H,4H2,1-3H3,(H,21,22,24). The van der Waals surface area contributed by atoms with Crippen molar-refractivity contribution in [2.75, 3.05) is 19.5 Å². The smallest absolute Gasteiger partial charge is 0.295 e. The molecule has 0 saturated heterocycles. The van der Waals surface area contributed by atoms with Crippen LogP contribution in [-0.4, -0.2) is 35.3 Å². The number of anilines is 1. The molecule has 0 atom stereocenters. The van der Waals surface area contributed by atoms with Crippen LogP contribution >= 0.6 is 22.9 Å². The Balaban J connectivity index is 2.05. The van der Waals surface area contributed by atoms with E-state index in [1.165, 1.54) is 13.3 Å². The summed E-state index contributed by atoms with van der Waals surface area (Å²) in [5.41, 5.74) is 2.92. The molecule has 7 nitrogen and oxygen atoms in total. The van der Waals surface area contributed by atoms with Gasteiger partial charge < -0.3 is 9.47 Å². The number of rotatable bonds is 6. The van der Waals surface area contributed by atoms with Gasteiger partial charge in [0.15, 0.2) is 0 Å². The maximum atomic E-state index is 12.9. The fraction of sp³-hybridized carbons (Fsp3) is 0.222. The Morgan fingerprint density at radius 3 is 2.67 bits per heavy atom. The first-order valence-corrected chi connectivity index (χ1v) is 9.26. The number of aromatic nitrogens is 3. The molecule has 2 heterocycles. The third-order valence-electron chi connectivity index (χ3n) is 3.88. The molecular weight excluding hydrogens is 388 g/mol. The lowest BCUT2D eigenvalue weighted by Gasteiger charge is -2.14. The van der Waals surface area contributed by atoms with Gasteiger partial charge in [-0.1, -0.05) is 35.8 Å². The van der Waals surface area contributed by atoms with Crippen LogP contribution in [0.25, 0.3) is 11.1 Å². The number of carbonyl (C=O) groups excluding carboxylic acids is 1. The molecule has 0 spiro atoms. The highest BCUT2D eigenvalue weighted by Gasteiger charge is 2.19. The molecule has 0 bridgehead atoms. The second-order valence-corrected chi connectivity index (χ2v) is 6.80. The molecule has 1 N–H and O–H groups in total. The van der Waals surface area contributed by atoms with Crippen LogP contribution in [0.1, 0.15) is 22.8 Å². The first-order chi connectivity index (χ1) is 13.0. The fourth-order valence-electron chi connectivity index (χ4n) is 2.53. The summed E-state index contributed by atoms with van der Waals surface area (Å²) in [6.45, 7) is 2.04. The summed E-state index contributed by atoms with van der Waals surface area (Å²) in [5.74, 6) is 0.209. The van der Waals surface area contributed by atoms with Crippen LogP contribution in [-0.2, 0) is 6.42 Å². The van der Waals surface area contributed by atoms with Gasteiger partial charge in [-0.05, 0) is 41.0 Å². The number of nitrogens with one attached hydrogen (secondary N) is 1. The van der Waals surface area contributed by atoms with Gasteiger partial charge in [0.2, 0.25) is 5.13 Å². The van der Waals surface area contributed by atoms with Crippen molar-refractivity contribution in [2.24, 2.45) is 0 Å². The summed E-state index contributed by atoms with van der Waals surface area (Å²) in [7, 11) is 3.04. The maximum absolute atomic E-state index is 12.9. The quantitative estimate of drug-likeness (QED) is 0.623. The molecule has 9 heteroatoms. The van der Waals surface area contributed by atoms with Crippen molar-refractivity contribution in [1.82, 2.24) is 15.2 Å². The van der Waals surface area contributed by atoms with E-state index >= 15 is 0 Å². The molecule has 1 aromatic carbocycles. The number of hydrogen-bond acceptors (Lipinski definition) is 7. The van der Waals surface area contributed by atoms with Crippen molar-refractivity contribution in [3.63, 3.8) is 0 Å². The first-order valence-electron chi connectivity index (χ1n) is 8.07. The number of hydrogen-bond donors (Lipinski definition) is 1. The van der Waals surface area contributed by atoms with E-state index in [1.807, 2.05) is 19.1 Å². The lowest BCUT2D eigenvalue weighted by atomic mass is 9.96. The van der Waals surface area contributed by atoms with Gasteiger partial charge in [0.05, 0.1) is 20.4 Å². The molecule has 1 amide bonds. The van der Waals surface area contributed by atoms with Crippen molar-refractivity contribution in [2.45, 2.75) is 13.3 Å². The molecule has 27 heavy (non-hydrogen) atoms. The number of aryl methyl sites for hydroxylation is 1. The zero-order valence-electron chi connectivity index (χ0n) is 14.9. The Morgan fingerprint density at radius 1 is 1.19 bits per heavy atom. The number of halogens is 1. The molecule has 0 aliphatic heterocycles. The van der Waals surface area contributed by atoms with Crippen LogP contribution in [0.5, 0.6) is 10.9 Å². The predicted octanol–water partition coefficient (Wildman–Crippen LogP) is 4.09. The zero-order chi connectivity index (χ0) is 19.4. The number of methoxy groups -OCH3 is 2. The average molecular weight is 405 g/mol. The number of benzene rings is 1. The molecule has 140 valence electrons. The van der Waals surface area contributed by atoms with E-state index in [1.54, 1.807) is 19.2 Å². The highest BCUT2D eigenvalue weighted by atomic mass is 35.5. The minimum absolute atomic E-state index is 0.313. The van der Waals surface area contributed by atoms with Gasteiger partial charge in [0.1, 0.15) is 10.9 Å². The normalized spacial score (nSPS) is 10.5. The average Bonchev–Trinajstić information content (AvgIpc) is 3.14. The van der Waals surface area contributed by atoms with Gasteiger partial charge in [0, 0.05) is 11.1 Å². The van der Waals surface area contributed by atoms with Crippen molar-refractivity contribution in [3.05, 3.63) is 46.7 Å². The van der Waals surface area contributed by atoms with Crippen LogP contribution < -0.4 is 14.8 Å². The van der Waals surface area contributed by atoms with E-state index in [2.05, 4.69) is 20.5 Å². The molecule has 0 aliphatic rings. The van der Waals surface area contributed by atoms with Gasteiger partial charge in [-0.25, -0.2) is 4.98 Å². The van der Waals surface area contributed by atoms with Crippen molar-refractivity contribution < 1.29 is 14.3 Å². The number of carbonyl (C=O) groups is 1. The Morgan fingerprint density at radius 2 is 2.00 bits per heavy atom. The number of nitrogens with zero attached hydrogens (tertiary/aromatic N) is 3. The van der Waals surface area contributed by atoms with Gasteiger partial charge in [-0.15, -0.1) is 5.10 Å². The van der Waals surface area contributed by atoms with Gasteiger partial charge in [0.25, 0.3) is 11.1 Å². The van der Waals surface area contributed by atoms with Crippen molar-refractivity contribution >= 4 is 34.0 Å². The molecule has 3 rings (SSSR count). The van der Waals surface area contributed by atoms with Crippen LogP contribution in [0.4, 0.5) is 5.13 Å². The van der Waals surface area contributed by atoms with E-state index in [9.17, 15) is 4.79 Å². The van der Waals surface area contributed by atoms with E-state index < -0.39 is 0 Å². The monoisotopic (exact) mass is 404 g/mol. The summed E-state index contributed by atoms with van der Waals surface area (Å²) in [6, 6.07) is 7.31. The zero-order valence-corrected chi connectivity index (χ0v) is 16.5. The molecule has 0 saturated carbocycles. The summed E-state index contributed by atoms with van der Waals surface area (Å²) in [4.78, 5) is 16.9. The molecule has 0 unspecified atom stereocenters. The van der Waals surface area contributed by atoms with Crippen LogP contribution in [0.2, 0.25) is 5.15 Å². The predicted molar refractivity (Wildman–Crippen MR) is 105 cm³/mol. The highest BCUT2D eigenvalue weighted by molar-refractivity contribution is 7.17. The van der Waals surface area contributed by atoms with E-state index in [4.69, 9.17) is 21.1 Å². The molecule has 2 aromatic heterocycles. The minimum Gasteiger partial charge on any atom is -0.494 e. The molecular formula is C18H17ClN4O3S. The first kappa shape index (κ1) is 19.1. The Labute approximate surface area is 165 Å². The summed E-state index contributed by atoms with van der Waals surface area (Å²) >= 11 is 7.22. The van der Waals surface area contributed by atoms with E-state index in [0.29, 0.717) is 37.9 Å². The second-order valence-electron chi connectivity index (χ2n) is 5.47. The van der Waals surface area contributed by atoms with Crippen LogP contribution in [0.3, 0.4) is 0 Å². The minimum atomic E-state index is -0.318.